The summed E-state index contributed by atoms with van der Waals surface area (Å²) in [4.78, 5) is 8.99. The van der Waals surface area contributed by atoms with E-state index < -0.39 is 28.9 Å². The Labute approximate surface area is 71.6 Å². The number of nitro groups is 1. The van der Waals surface area contributed by atoms with Crippen LogP contribution in [0.15, 0.2) is 12.1 Å². The van der Waals surface area contributed by atoms with Gasteiger partial charge in [-0.1, -0.05) is 6.07 Å². The normalized spacial score (nSPS) is 10.1. The van der Waals surface area contributed by atoms with Crippen molar-refractivity contribution in [3.63, 3.8) is 0 Å². The lowest BCUT2D eigenvalue weighted by atomic mass is 10.2. The molecule has 0 amide bonds. The highest BCUT2D eigenvalue weighted by molar-refractivity contribution is 5.38. The molecule has 6 heteroatoms. The molecule has 0 aliphatic carbocycles. The van der Waals surface area contributed by atoms with Gasteiger partial charge in [-0.3, -0.25) is 10.1 Å². The fourth-order valence-electron chi connectivity index (χ4n) is 0.872. The van der Waals surface area contributed by atoms with Crippen molar-refractivity contribution in [1.29, 1.82) is 0 Å². The first kappa shape index (κ1) is 9.53. The number of aliphatic hydroxyl groups is 1. The van der Waals surface area contributed by atoms with E-state index in [4.69, 9.17) is 5.11 Å². The van der Waals surface area contributed by atoms with Gasteiger partial charge in [0, 0.05) is 5.56 Å². The zero-order valence-corrected chi connectivity index (χ0v) is 6.33. The molecule has 0 unspecified atom stereocenters. The molecule has 0 aliphatic rings. The van der Waals surface area contributed by atoms with Crippen LogP contribution in [0.1, 0.15) is 5.56 Å². The van der Waals surface area contributed by atoms with E-state index >= 15 is 0 Å². The number of rotatable bonds is 2. The van der Waals surface area contributed by atoms with Crippen LogP contribution in [0.4, 0.5) is 14.5 Å². The topological polar surface area (TPSA) is 63.4 Å². The van der Waals surface area contributed by atoms with Gasteiger partial charge < -0.3 is 5.11 Å². The summed E-state index contributed by atoms with van der Waals surface area (Å²) in [5.74, 6) is -2.58. The maximum Gasteiger partial charge on any atom is 0.340 e. The van der Waals surface area contributed by atoms with Crippen molar-refractivity contribution in [3.8, 4) is 0 Å². The van der Waals surface area contributed by atoms with Crippen LogP contribution < -0.4 is 0 Å². The number of aliphatic hydroxyl groups excluding tert-OH is 1. The van der Waals surface area contributed by atoms with Crippen molar-refractivity contribution in [2.45, 2.75) is 6.61 Å². The second kappa shape index (κ2) is 3.44. The third-order valence-corrected chi connectivity index (χ3v) is 1.50. The number of hydrogen-bond acceptors (Lipinski definition) is 3. The van der Waals surface area contributed by atoms with Crippen molar-refractivity contribution >= 4 is 5.69 Å². The van der Waals surface area contributed by atoms with Gasteiger partial charge in [-0.25, -0.2) is 0 Å². The molecule has 0 heterocycles. The Kier molecular flexibility index (Phi) is 2.52. The predicted octanol–water partition coefficient (Wildman–Crippen LogP) is 1.37. The van der Waals surface area contributed by atoms with Crippen LogP contribution in [-0.2, 0) is 6.61 Å². The van der Waals surface area contributed by atoms with Crippen LogP contribution in [0, 0.1) is 21.7 Å². The molecular formula is C7H5F2NO3. The third-order valence-electron chi connectivity index (χ3n) is 1.50. The maximum atomic E-state index is 12.9. The quantitative estimate of drug-likeness (QED) is 0.564. The molecule has 1 aromatic rings. The number of nitro benzene ring substituents is 1. The Balaban J connectivity index is 3.38. The van der Waals surface area contributed by atoms with E-state index in [1.807, 2.05) is 0 Å². The van der Waals surface area contributed by atoms with Crippen molar-refractivity contribution < 1.29 is 18.8 Å². The number of halogens is 2. The second-order valence-corrected chi connectivity index (χ2v) is 2.28. The zero-order valence-electron chi connectivity index (χ0n) is 6.33. The Morgan fingerprint density at radius 2 is 2.08 bits per heavy atom. The molecule has 0 bridgehead atoms. The van der Waals surface area contributed by atoms with E-state index in [2.05, 4.69) is 0 Å². The Hall–Kier alpha value is -1.56. The molecule has 13 heavy (non-hydrogen) atoms. The van der Waals surface area contributed by atoms with Gasteiger partial charge >= 0.3 is 5.69 Å². The summed E-state index contributed by atoms with van der Waals surface area (Å²) >= 11 is 0. The van der Waals surface area contributed by atoms with E-state index in [0.717, 1.165) is 12.1 Å². The molecule has 0 aromatic heterocycles. The molecule has 0 atom stereocenters. The smallest absolute Gasteiger partial charge is 0.340 e. The summed E-state index contributed by atoms with van der Waals surface area (Å²) in [7, 11) is 0. The van der Waals surface area contributed by atoms with Gasteiger partial charge in [0.15, 0.2) is 0 Å². The molecule has 0 saturated heterocycles. The van der Waals surface area contributed by atoms with Crippen LogP contribution in [0.25, 0.3) is 0 Å². The highest BCUT2D eigenvalue weighted by Gasteiger charge is 2.23. The maximum absolute atomic E-state index is 12.9. The highest BCUT2D eigenvalue weighted by Crippen LogP contribution is 2.23. The molecule has 0 radical (unpaired) electrons. The molecule has 0 spiro atoms. The van der Waals surface area contributed by atoms with Gasteiger partial charge in [-0.15, -0.1) is 0 Å². The summed E-state index contributed by atoms with van der Waals surface area (Å²) in [6, 6.07) is 1.70. The van der Waals surface area contributed by atoms with Crippen molar-refractivity contribution in [1.82, 2.24) is 0 Å². The minimum absolute atomic E-state index is 0.298. The largest absolute Gasteiger partial charge is 0.392 e. The minimum atomic E-state index is -1.33. The summed E-state index contributed by atoms with van der Waals surface area (Å²) in [6.45, 7) is -0.701. The predicted molar refractivity (Wildman–Crippen MR) is 38.9 cm³/mol. The van der Waals surface area contributed by atoms with E-state index in [-0.39, 0.29) is 5.56 Å². The average molecular weight is 189 g/mol. The SMILES string of the molecule is O=[N+]([O-])c1c(F)ccc(CO)c1F. The Morgan fingerprint density at radius 1 is 1.46 bits per heavy atom. The lowest BCUT2D eigenvalue weighted by Crippen LogP contribution is -2.00. The van der Waals surface area contributed by atoms with Crippen LogP contribution in [0.2, 0.25) is 0 Å². The van der Waals surface area contributed by atoms with Crippen LogP contribution in [0.3, 0.4) is 0 Å². The molecule has 1 N–H and O–H groups in total. The second-order valence-electron chi connectivity index (χ2n) is 2.28. The fourth-order valence-corrected chi connectivity index (χ4v) is 0.872. The molecule has 0 fully saturated rings. The van der Waals surface area contributed by atoms with E-state index in [1.165, 1.54) is 0 Å². The first-order valence-corrected chi connectivity index (χ1v) is 3.30. The molecule has 0 aliphatic heterocycles. The minimum Gasteiger partial charge on any atom is -0.392 e. The summed E-state index contributed by atoms with van der Waals surface area (Å²) in [6.07, 6.45) is 0. The van der Waals surface area contributed by atoms with E-state index in [1.54, 1.807) is 0 Å². The van der Waals surface area contributed by atoms with Gasteiger partial charge in [-0.05, 0) is 6.07 Å². The van der Waals surface area contributed by atoms with Crippen LogP contribution in [0.5, 0.6) is 0 Å². The molecular weight excluding hydrogens is 184 g/mol. The number of benzene rings is 1. The van der Waals surface area contributed by atoms with Gasteiger partial charge in [-0.2, -0.15) is 8.78 Å². The lowest BCUT2D eigenvalue weighted by Gasteiger charge is -1.99. The third kappa shape index (κ3) is 1.62. The van der Waals surface area contributed by atoms with Crippen LogP contribution >= 0.6 is 0 Å². The molecule has 1 rings (SSSR count). The van der Waals surface area contributed by atoms with Crippen LogP contribution in [-0.4, -0.2) is 10.0 Å². The average Bonchev–Trinajstić information content (AvgIpc) is 2.04. The molecule has 1 aromatic carbocycles. The number of nitrogens with zero attached hydrogens (tertiary/aromatic N) is 1. The van der Waals surface area contributed by atoms with Gasteiger partial charge in [0.25, 0.3) is 0 Å². The molecule has 70 valence electrons. The lowest BCUT2D eigenvalue weighted by molar-refractivity contribution is -0.390. The Morgan fingerprint density at radius 3 is 2.54 bits per heavy atom. The zero-order chi connectivity index (χ0) is 10.0. The summed E-state index contributed by atoms with van der Waals surface area (Å²) in [5, 5.41) is 18.7. The fraction of sp³-hybridized carbons (Fsp3) is 0.143. The van der Waals surface area contributed by atoms with Crippen molar-refractivity contribution in [3.05, 3.63) is 39.4 Å². The summed E-state index contributed by atoms with van der Waals surface area (Å²) in [5.41, 5.74) is -1.53. The van der Waals surface area contributed by atoms with E-state index in [9.17, 15) is 18.9 Å². The van der Waals surface area contributed by atoms with Gasteiger partial charge in [0.2, 0.25) is 11.6 Å². The molecule has 0 saturated carbocycles. The van der Waals surface area contributed by atoms with Gasteiger partial charge in [0.1, 0.15) is 0 Å². The monoisotopic (exact) mass is 189 g/mol. The standard InChI is InChI=1S/C7H5F2NO3/c8-5-2-1-4(3-11)6(9)7(5)10(12)13/h1-2,11H,3H2. The van der Waals surface area contributed by atoms with Gasteiger partial charge in [0.05, 0.1) is 11.5 Å². The Bertz CT molecular complexity index is 354. The number of hydrogen-bond donors (Lipinski definition) is 1. The van der Waals surface area contributed by atoms with Crippen molar-refractivity contribution in [2.24, 2.45) is 0 Å². The van der Waals surface area contributed by atoms with Crippen molar-refractivity contribution in [2.75, 3.05) is 0 Å². The molecule has 4 nitrogen and oxygen atoms in total. The van der Waals surface area contributed by atoms with E-state index in [0.29, 0.717) is 0 Å². The summed E-state index contributed by atoms with van der Waals surface area (Å²) < 4.78 is 25.6. The highest BCUT2D eigenvalue weighted by atomic mass is 19.1. The first-order valence-electron chi connectivity index (χ1n) is 3.30. The first-order chi connectivity index (χ1) is 6.07.